The van der Waals surface area contributed by atoms with Gasteiger partial charge in [-0.15, -0.1) is 5.10 Å². The van der Waals surface area contributed by atoms with Crippen LogP contribution in [0.2, 0.25) is 0 Å². The van der Waals surface area contributed by atoms with Crippen LogP contribution in [0, 0.1) is 0 Å². The monoisotopic (exact) mass is 141 g/mol. The molecule has 0 spiro atoms. The van der Waals surface area contributed by atoms with E-state index in [0.717, 1.165) is 6.20 Å². The van der Waals surface area contributed by atoms with Crippen molar-refractivity contribution in [1.29, 1.82) is 0 Å². The number of aromatic nitrogens is 3. The highest BCUT2D eigenvalue weighted by molar-refractivity contribution is 5.86. The van der Waals surface area contributed by atoms with E-state index in [-0.39, 0.29) is 0 Å². The third-order valence-corrected chi connectivity index (χ3v) is 0.871. The highest BCUT2D eigenvalue weighted by Gasteiger charge is 2.06. The quantitative estimate of drug-likeness (QED) is 0.515. The molecule has 10 heavy (non-hydrogen) atoms. The van der Waals surface area contributed by atoms with Crippen molar-refractivity contribution in [2.75, 3.05) is 0 Å². The Kier molecular flexibility index (Phi) is 1.44. The van der Waals surface area contributed by atoms with Crippen molar-refractivity contribution in [2.45, 2.75) is 0 Å². The van der Waals surface area contributed by atoms with Crippen molar-refractivity contribution in [1.82, 2.24) is 15.4 Å². The Morgan fingerprint density at radius 3 is 2.80 bits per heavy atom. The Hall–Kier alpha value is -1.72. The van der Waals surface area contributed by atoms with Gasteiger partial charge in [-0.2, -0.15) is 0 Å². The van der Waals surface area contributed by atoms with Crippen molar-refractivity contribution in [3.63, 3.8) is 0 Å². The summed E-state index contributed by atoms with van der Waals surface area (Å²) in [7, 11) is 0. The first-order valence-electron chi connectivity index (χ1n) is 2.35. The highest BCUT2D eigenvalue weighted by Crippen LogP contribution is 1.81. The second-order valence-electron chi connectivity index (χ2n) is 1.50. The fourth-order valence-electron chi connectivity index (χ4n) is 0.432. The van der Waals surface area contributed by atoms with Crippen LogP contribution >= 0.6 is 0 Å². The number of carbonyl (C=O) groups is 1. The third-order valence-electron chi connectivity index (χ3n) is 0.871. The molecular weight excluding hydrogens is 138 g/mol. The summed E-state index contributed by atoms with van der Waals surface area (Å²) in [6.07, 6.45) is 0.890. The minimum atomic E-state index is -1.31. The van der Waals surface area contributed by atoms with Crippen molar-refractivity contribution in [2.24, 2.45) is 0 Å². The molecule has 0 aliphatic rings. The van der Waals surface area contributed by atoms with Gasteiger partial charge in [-0.05, 0) is 0 Å². The van der Waals surface area contributed by atoms with Crippen molar-refractivity contribution in [3.8, 4) is 0 Å². The van der Waals surface area contributed by atoms with Gasteiger partial charge in [0.15, 0.2) is 0 Å². The summed E-state index contributed by atoms with van der Waals surface area (Å²) in [6, 6.07) is 0. The molecule has 52 valence electrons. The summed E-state index contributed by atoms with van der Waals surface area (Å²) in [5.41, 5.74) is -1.16. The second kappa shape index (κ2) is 2.26. The third kappa shape index (κ3) is 0.993. The smallest absolute Gasteiger partial charge is 0.343 e. The summed E-state index contributed by atoms with van der Waals surface area (Å²) in [5, 5.41) is 16.4. The lowest BCUT2D eigenvalue weighted by atomic mass is 10.4. The lowest BCUT2D eigenvalue weighted by Crippen LogP contribution is -2.18. The van der Waals surface area contributed by atoms with Crippen LogP contribution in [0.4, 0.5) is 0 Å². The van der Waals surface area contributed by atoms with Crippen LogP contribution in [0.1, 0.15) is 10.4 Å². The van der Waals surface area contributed by atoms with E-state index in [4.69, 9.17) is 5.11 Å². The average molecular weight is 141 g/mol. The van der Waals surface area contributed by atoms with Gasteiger partial charge < -0.3 is 5.11 Å². The number of nitrogens with zero attached hydrogens (tertiary/aromatic N) is 2. The first-order valence-corrected chi connectivity index (χ1v) is 2.35. The lowest BCUT2D eigenvalue weighted by Gasteiger charge is -1.86. The molecule has 1 rings (SSSR count). The molecule has 0 aliphatic carbocycles. The molecule has 0 saturated heterocycles. The molecule has 6 nitrogen and oxygen atoms in total. The number of H-pyrrole nitrogens is 1. The normalized spacial score (nSPS) is 9.20. The van der Waals surface area contributed by atoms with Crippen LogP contribution in [0.25, 0.3) is 0 Å². The maximum Gasteiger partial charge on any atom is 0.343 e. The van der Waals surface area contributed by atoms with Crippen LogP contribution < -0.4 is 5.56 Å². The van der Waals surface area contributed by atoms with Crippen LogP contribution in [0.15, 0.2) is 11.0 Å². The zero-order valence-electron chi connectivity index (χ0n) is 4.74. The van der Waals surface area contributed by atoms with Crippen molar-refractivity contribution < 1.29 is 9.90 Å². The number of carboxylic acids is 1. The van der Waals surface area contributed by atoms with Gasteiger partial charge in [-0.1, -0.05) is 5.21 Å². The zero-order valence-corrected chi connectivity index (χ0v) is 4.74. The maximum atomic E-state index is 10.5. The van der Waals surface area contributed by atoms with Gasteiger partial charge in [-0.25, -0.2) is 9.89 Å². The van der Waals surface area contributed by atoms with Crippen LogP contribution in [0.3, 0.4) is 0 Å². The fourth-order valence-corrected chi connectivity index (χ4v) is 0.432. The van der Waals surface area contributed by atoms with E-state index in [9.17, 15) is 9.59 Å². The number of rotatable bonds is 1. The second-order valence-corrected chi connectivity index (χ2v) is 1.50. The first-order chi connectivity index (χ1) is 4.72. The van der Waals surface area contributed by atoms with E-state index in [1.165, 1.54) is 0 Å². The minimum Gasteiger partial charge on any atom is -0.477 e. The summed E-state index contributed by atoms with van der Waals surface area (Å²) >= 11 is 0. The predicted octanol–water partition coefficient (Wildman–Crippen LogP) is -1.14. The Balaban J connectivity index is 3.29. The summed E-state index contributed by atoms with van der Waals surface area (Å²) in [6.45, 7) is 0. The number of aromatic amines is 1. The number of nitrogens with one attached hydrogen (secondary N) is 1. The van der Waals surface area contributed by atoms with E-state index >= 15 is 0 Å². The van der Waals surface area contributed by atoms with Gasteiger partial charge in [0.05, 0.1) is 6.20 Å². The van der Waals surface area contributed by atoms with E-state index in [1.807, 2.05) is 5.10 Å². The van der Waals surface area contributed by atoms with Gasteiger partial charge in [0, 0.05) is 0 Å². The standard InChI is InChI=1S/C4H3N3O3/c8-3-2(4(9)10)1-5-7-6-3/h1H,(H,9,10)(H,5,6,8). The fraction of sp³-hybridized carbons (Fsp3) is 0. The van der Waals surface area contributed by atoms with Crippen LogP contribution in [0.5, 0.6) is 0 Å². The van der Waals surface area contributed by atoms with Gasteiger partial charge >= 0.3 is 5.97 Å². The molecule has 6 heteroatoms. The highest BCUT2D eigenvalue weighted by atomic mass is 16.4. The van der Waals surface area contributed by atoms with Crippen molar-refractivity contribution in [3.05, 3.63) is 22.1 Å². The molecular formula is C4H3N3O3. The number of aromatic carboxylic acids is 1. The lowest BCUT2D eigenvalue weighted by molar-refractivity contribution is 0.0694. The molecule has 1 aromatic rings. The molecule has 0 radical (unpaired) electrons. The SMILES string of the molecule is O=C(O)c1cnn[nH]c1=O. The topological polar surface area (TPSA) is 95.9 Å². The molecule has 1 aromatic heterocycles. The van der Waals surface area contributed by atoms with Gasteiger partial charge in [0.1, 0.15) is 5.56 Å². The molecule has 0 atom stereocenters. The number of hydrogen-bond donors (Lipinski definition) is 2. The molecule has 2 N–H and O–H groups in total. The molecule has 0 fully saturated rings. The number of hydrogen-bond acceptors (Lipinski definition) is 4. The Morgan fingerprint density at radius 1 is 1.70 bits per heavy atom. The average Bonchev–Trinajstić information content (AvgIpc) is 1.88. The first kappa shape index (κ1) is 6.40. The largest absolute Gasteiger partial charge is 0.477 e. The summed E-state index contributed by atoms with van der Waals surface area (Å²) < 4.78 is 0. The molecule has 0 saturated carbocycles. The molecule has 0 unspecified atom stereocenters. The van der Waals surface area contributed by atoms with Gasteiger partial charge in [-0.3, -0.25) is 4.79 Å². The van der Waals surface area contributed by atoms with Gasteiger partial charge in [0.2, 0.25) is 0 Å². The number of carboxylic acid groups (broad SMARTS) is 1. The molecule has 0 aromatic carbocycles. The van der Waals surface area contributed by atoms with Crippen LogP contribution in [-0.4, -0.2) is 26.5 Å². The van der Waals surface area contributed by atoms with E-state index in [0.29, 0.717) is 0 Å². The van der Waals surface area contributed by atoms with Crippen LogP contribution in [-0.2, 0) is 0 Å². The van der Waals surface area contributed by atoms with E-state index in [2.05, 4.69) is 10.3 Å². The molecule has 0 amide bonds. The Bertz CT molecular complexity index is 305. The minimum absolute atomic E-state index is 0.407. The molecule has 0 aliphatic heterocycles. The van der Waals surface area contributed by atoms with Gasteiger partial charge in [0.25, 0.3) is 5.56 Å². The zero-order chi connectivity index (χ0) is 7.56. The predicted molar refractivity (Wildman–Crippen MR) is 29.6 cm³/mol. The summed E-state index contributed by atoms with van der Waals surface area (Å²) in [5.74, 6) is -1.31. The Morgan fingerprint density at radius 2 is 2.40 bits per heavy atom. The molecule has 0 bridgehead atoms. The summed E-state index contributed by atoms with van der Waals surface area (Å²) in [4.78, 5) is 20.7. The molecule has 1 heterocycles. The van der Waals surface area contributed by atoms with Crippen molar-refractivity contribution >= 4 is 5.97 Å². The van der Waals surface area contributed by atoms with E-state index in [1.54, 1.807) is 0 Å². The van der Waals surface area contributed by atoms with E-state index < -0.39 is 17.1 Å². The Labute approximate surface area is 54.5 Å². The maximum absolute atomic E-state index is 10.5.